The first-order valence-corrected chi connectivity index (χ1v) is 10.1. The Kier molecular flexibility index (Phi) is 4.58. The summed E-state index contributed by atoms with van der Waals surface area (Å²) < 4.78 is 21.3. The molecule has 2 aromatic carbocycles. The van der Waals surface area contributed by atoms with Crippen LogP contribution >= 0.6 is 0 Å². The van der Waals surface area contributed by atoms with Crippen LogP contribution in [-0.4, -0.2) is 42.9 Å². The quantitative estimate of drug-likeness (QED) is 0.683. The van der Waals surface area contributed by atoms with Crippen LogP contribution in [0.25, 0.3) is 0 Å². The van der Waals surface area contributed by atoms with E-state index in [0.717, 1.165) is 10.5 Å². The molecule has 1 fully saturated rings. The highest BCUT2D eigenvalue weighted by molar-refractivity contribution is 6.09. The predicted molar refractivity (Wildman–Crippen MR) is 109 cm³/mol. The van der Waals surface area contributed by atoms with Gasteiger partial charge in [0, 0.05) is 0 Å². The third kappa shape index (κ3) is 3.24. The molecule has 10 heteroatoms. The number of nitrogens with zero attached hydrogens (tertiary/aromatic N) is 1. The molecule has 3 aliphatic heterocycles. The molecule has 3 heterocycles. The fourth-order valence-electron chi connectivity index (χ4n) is 3.94. The van der Waals surface area contributed by atoms with E-state index in [1.54, 1.807) is 44.2 Å². The lowest BCUT2D eigenvalue weighted by molar-refractivity contribution is -0.135. The number of benzene rings is 2. The second kappa shape index (κ2) is 7.33. The summed E-state index contributed by atoms with van der Waals surface area (Å²) in [6.45, 7) is 3.26. The third-order valence-electron chi connectivity index (χ3n) is 5.80. The summed E-state index contributed by atoms with van der Waals surface area (Å²) >= 11 is 0. The molecule has 2 aromatic rings. The SMILES string of the molecule is CC(NC(=O)CN1C(=O)NC(C)(c2ccc3c(c2)OCO3)C1=O)c1ccc2c(c1)OCO2. The second-order valence-corrected chi connectivity index (χ2v) is 7.92. The highest BCUT2D eigenvalue weighted by Gasteiger charge is 2.50. The number of nitrogens with one attached hydrogen (secondary N) is 2. The number of fused-ring (bicyclic) bond motifs is 2. The first kappa shape index (κ1) is 20.0. The minimum Gasteiger partial charge on any atom is -0.454 e. The van der Waals surface area contributed by atoms with E-state index in [-0.39, 0.29) is 19.6 Å². The van der Waals surface area contributed by atoms with Crippen LogP contribution in [-0.2, 0) is 15.1 Å². The number of hydrogen-bond donors (Lipinski definition) is 2. The van der Waals surface area contributed by atoms with Gasteiger partial charge < -0.3 is 29.6 Å². The van der Waals surface area contributed by atoms with Crippen molar-refractivity contribution >= 4 is 17.8 Å². The zero-order valence-corrected chi connectivity index (χ0v) is 17.5. The number of hydrogen-bond acceptors (Lipinski definition) is 7. The molecular formula is C22H21N3O7. The average Bonchev–Trinajstić information content (AvgIpc) is 3.48. The van der Waals surface area contributed by atoms with Crippen molar-refractivity contribution in [1.82, 2.24) is 15.5 Å². The van der Waals surface area contributed by atoms with Gasteiger partial charge in [0.2, 0.25) is 19.5 Å². The predicted octanol–water partition coefficient (Wildman–Crippen LogP) is 1.79. The van der Waals surface area contributed by atoms with Gasteiger partial charge in [0.15, 0.2) is 23.0 Å². The van der Waals surface area contributed by atoms with Gasteiger partial charge in [0.05, 0.1) is 6.04 Å². The molecule has 5 rings (SSSR count). The molecule has 0 aromatic heterocycles. The fraction of sp³-hybridized carbons (Fsp3) is 0.318. The van der Waals surface area contributed by atoms with Gasteiger partial charge in [-0.3, -0.25) is 14.5 Å². The van der Waals surface area contributed by atoms with E-state index in [9.17, 15) is 14.4 Å². The van der Waals surface area contributed by atoms with Crippen molar-refractivity contribution in [2.45, 2.75) is 25.4 Å². The maximum Gasteiger partial charge on any atom is 0.325 e. The summed E-state index contributed by atoms with van der Waals surface area (Å²) in [4.78, 5) is 39.2. The lowest BCUT2D eigenvalue weighted by Crippen LogP contribution is -2.43. The normalized spacial score (nSPS) is 21.5. The molecule has 4 amide bonds. The maximum atomic E-state index is 13.1. The second-order valence-electron chi connectivity index (χ2n) is 7.92. The van der Waals surface area contributed by atoms with E-state index < -0.39 is 29.9 Å². The van der Waals surface area contributed by atoms with Crippen LogP contribution in [0.15, 0.2) is 36.4 Å². The van der Waals surface area contributed by atoms with Gasteiger partial charge in [-0.15, -0.1) is 0 Å². The Hall–Kier alpha value is -3.95. The van der Waals surface area contributed by atoms with E-state index in [2.05, 4.69) is 10.6 Å². The van der Waals surface area contributed by atoms with Crippen LogP contribution in [0.1, 0.15) is 31.0 Å². The average molecular weight is 439 g/mol. The number of carbonyl (C=O) groups is 3. The molecule has 32 heavy (non-hydrogen) atoms. The van der Waals surface area contributed by atoms with Crippen LogP contribution < -0.4 is 29.6 Å². The zero-order valence-electron chi connectivity index (χ0n) is 17.5. The molecule has 3 aliphatic rings. The van der Waals surface area contributed by atoms with Gasteiger partial charge >= 0.3 is 6.03 Å². The first-order valence-electron chi connectivity index (χ1n) is 10.1. The number of rotatable bonds is 5. The molecule has 0 bridgehead atoms. The number of imide groups is 1. The Morgan fingerprint density at radius 1 is 1.03 bits per heavy atom. The highest BCUT2D eigenvalue weighted by atomic mass is 16.7. The van der Waals surface area contributed by atoms with Crippen LogP contribution in [0.2, 0.25) is 0 Å². The lowest BCUT2D eigenvalue weighted by atomic mass is 9.91. The van der Waals surface area contributed by atoms with E-state index in [1.807, 2.05) is 6.07 Å². The van der Waals surface area contributed by atoms with Crippen molar-refractivity contribution in [3.8, 4) is 23.0 Å². The third-order valence-corrected chi connectivity index (χ3v) is 5.80. The van der Waals surface area contributed by atoms with Crippen molar-refractivity contribution in [3.63, 3.8) is 0 Å². The number of carbonyl (C=O) groups excluding carboxylic acids is 3. The van der Waals surface area contributed by atoms with Gasteiger partial charge in [-0.2, -0.15) is 0 Å². The van der Waals surface area contributed by atoms with Crippen LogP contribution in [0, 0.1) is 0 Å². The zero-order chi connectivity index (χ0) is 22.5. The van der Waals surface area contributed by atoms with Crippen molar-refractivity contribution in [2.24, 2.45) is 0 Å². The van der Waals surface area contributed by atoms with E-state index >= 15 is 0 Å². The van der Waals surface area contributed by atoms with Gasteiger partial charge in [-0.1, -0.05) is 12.1 Å². The van der Waals surface area contributed by atoms with Gasteiger partial charge in [-0.25, -0.2) is 4.79 Å². The van der Waals surface area contributed by atoms with Crippen LogP contribution in [0.4, 0.5) is 4.79 Å². The largest absolute Gasteiger partial charge is 0.454 e. The molecule has 10 nitrogen and oxygen atoms in total. The molecule has 0 radical (unpaired) electrons. The maximum absolute atomic E-state index is 13.1. The number of amides is 4. The van der Waals surface area contributed by atoms with Crippen molar-refractivity contribution < 1.29 is 33.3 Å². The van der Waals surface area contributed by atoms with Crippen molar-refractivity contribution in [1.29, 1.82) is 0 Å². The van der Waals surface area contributed by atoms with Crippen LogP contribution in [0.5, 0.6) is 23.0 Å². The first-order chi connectivity index (χ1) is 15.3. The minimum atomic E-state index is -1.32. The fourth-order valence-corrected chi connectivity index (χ4v) is 3.94. The van der Waals surface area contributed by atoms with Gasteiger partial charge in [-0.05, 0) is 49.2 Å². The van der Waals surface area contributed by atoms with E-state index in [4.69, 9.17) is 18.9 Å². The molecule has 166 valence electrons. The Bertz CT molecular complexity index is 1130. The summed E-state index contributed by atoms with van der Waals surface area (Å²) in [5.74, 6) is 1.34. The molecule has 2 atom stereocenters. The molecule has 2 unspecified atom stereocenters. The summed E-state index contributed by atoms with van der Waals surface area (Å²) in [5, 5.41) is 5.50. The van der Waals surface area contributed by atoms with E-state index in [1.165, 1.54) is 0 Å². The summed E-state index contributed by atoms with van der Waals surface area (Å²) in [6.07, 6.45) is 0. The van der Waals surface area contributed by atoms with Gasteiger partial charge in [0.1, 0.15) is 12.1 Å². The Balaban J connectivity index is 1.27. The summed E-state index contributed by atoms with van der Waals surface area (Å²) in [7, 11) is 0. The van der Waals surface area contributed by atoms with Crippen LogP contribution in [0.3, 0.4) is 0 Å². The molecular weight excluding hydrogens is 418 g/mol. The summed E-state index contributed by atoms with van der Waals surface area (Å²) in [6, 6.07) is 9.42. The number of ether oxygens (including phenoxy) is 4. The standard InChI is InChI=1S/C22H21N3O7/c1-12(13-3-5-15-17(7-13)31-10-29-15)23-19(26)9-25-20(27)22(2,24-21(25)28)14-4-6-16-18(8-14)32-11-30-16/h3-8,12H,9-11H2,1-2H3,(H,23,26)(H,24,28). The monoisotopic (exact) mass is 439 g/mol. The molecule has 0 spiro atoms. The minimum absolute atomic E-state index is 0.101. The highest BCUT2D eigenvalue weighted by Crippen LogP contribution is 2.38. The summed E-state index contributed by atoms with van der Waals surface area (Å²) in [5.41, 5.74) is 0.0307. The van der Waals surface area contributed by atoms with E-state index in [0.29, 0.717) is 28.6 Å². The molecule has 1 saturated heterocycles. The topological polar surface area (TPSA) is 115 Å². The molecule has 0 saturated carbocycles. The van der Waals surface area contributed by atoms with Crippen molar-refractivity contribution in [2.75, 3.05) is 20.1 Å². The Morgan fingerprint density at radius 3 is 2.38 bits per heavy atom. The molecule has 2 N–H and O–H groups in total. The van der Waals surface area contributed by atoms with Crippen molar-refractivity contribution in [3.05, 3.63) is 47.5 Å². The lowest BCUT2D eigenvalue weighted by Gasteiger charge is -2.22. The Labute approximate surface area is 183 Å². The smallest absolute Gasteiger partial charge is 0.325 e. The number of urea groups is 1. The van der Waals surface area contributed by atoms with Gasteiger partial charge in [0.25, 0.3) is 5.91 Å². The molecule has 0 aliphatic carbocycles. The Morgan fingerprint density at radius 2 is 1.66 bits per heavy atom.